The van der Waals surface area contributed by atoms with Gasteiger partial charge in [-0.15, -0.1) is 0 Å². The third-order valence-electron chi connectivity index (χ3n) is 3.41. The Labute approximate surface area is 136 Å². The molecular formula is C14H20Cl2N2O2S. The predicted octanol–water partition coefficient (Wildman–Crippen LogP) is 3.26. The number of rotatable bonds is 6. The third kappa shape index (κ3) is 3.71. The minimum absolute atomic E-state index is 0.0884. The van der Waals surface area contributed by atoms with Gasteiger partial charge >= 0.3 is 0 Å². The van der Waals surface area contributed by atoms with Crippen LogP contribution in [0.1, 0.15) is 32.3 Å². The lowest BCUT2D eigenvalue weighted by atomic mass is 10.2. The van der Waals surface area contributed by atoms with Gasteiger partial charge in [-0.1, -0.05) is 37.0 Å². The Balaban J connectivity index is 2.46. The maximum absolute atomic E-state index is 12.9. The summed E-state index contributed by atoms with van der Waals surface area (Å²) in [4.78, 5) is 0.0987. The lowest BCUT2D eigenvalue weighted by Gasteiger charge is -2.24. The lowest BCUT2D eigenvalue weighted by molar-refractivity contribution is 0.360. The van der Waals surface area contributed by atoms with Crippen molar-refractivity contribution in [1.29, 1.82) is 0 Å². The first kappa shape index (κ1) is 17.0. The Morgan fingerprint density at radius 2 is 1.90 bits per heavy atom. The molecule has 1 aromatic carbocycles. The Kier molecular flexibility index (Phi) is 5.21. The highest BCUT2D eigenvalue weighted by Gasteiger charge is 2.39. The first-order valence-electron chi connectivity index (χ1n) is 6.97. The molecule has 0 aliphatic heterocycles. The summed E-state index contributed by atoms with van der Waals surface area (Å²) in [5, 5.41) is 0.537. The van der Waals surface area contributed by atoms with Gasteiger partial charge in [0, 0.05) is 24.2 Å². The standard InChI is InChI=1S/C14H20Cl2N2O2S/c1-9(2)8-18(11-3-4-11)21(19,20)14-5-10(7-17)12(15)6-13(14)16/h5-6,9,11H,3-4,7-8,17H2,1-2H3. The van der Waals surface area contributed by atoms with Gasteiger partial charge in [0.1, 0.15) is 4.90 Å². The number of nitrogens with two attached hydrogens (primary N) is 1. The van der Waals surface area contributed by atoms with E-state index in [1.165, 1.54) is 12.1 Å². The average molecular weight is 351 g/mol. The van der Waals surface area contributed by atoms with Crippen LogP contribution in [0.15, 0.2) is 17.0 Å². The Hall–Kier alpha value is -0.330. The molecule has 21 heavy (non-hydrogen) atoms. The molecule has 0 atom stereocenters. The van der Waals surface area contributed by atoms with Crippen molar-refractivity contribution in [2.24, 2.45) is 11.7 Å². The molecule has 0 bridgehead atoms. The van der Waals surface area contributed by atoms with E-state index in [0.29, 0.717) is 17.1 Å². The average Bonchev–Trinajstić information content (AvgIpc) is 3.19. The molecule has 0 heterocycles. The molecule has 4 nitrogen and oxygen atoms in total. The highest BCUT2D eigenvalue weighted by atomic mass is 35.5. The smallest absolute Gasteiger partial charge is 0.244 e. The summed E-state index contributed by atoms with van der Waals surface area (Å²) in [5.74, 6) is 0.250. The second kappa shape index (κ2) is 6.42. The minimum atomic E-state index is -3.63. The molecule has 1 aliphatic carbocycles. The zero-order valence-electron chi connectivity index (χ0n) is 12.1. The van der Waals surface area contributed by atoms with Crippen LogP contribution in [0.3, 0.4) is 0 Å². The number of sulfonamides is 1. The van der Waals surface area contributed by atoms with Crippen molar-refractivity contribution in [2.45, 2.75) is 44.2 Å². The van der Waals surface area contributed by atoms with Crippen LogP contribution in [0.25, 0.3) is 0 Å². The van der Waals surface area contributed by atoms with E-state index >= 15 is 0 Å². The largest absolute Gasteiger partial charge is 0.326 e. The summed E-state index contributed by atoms with van der Waals surface area (Å²) in [6, 6.07) is 3.04. The zero-order chi connectivity index (χ0) is 15.8. The van der Waals surface area contributed by atoms with E-state index in [0.717, 1.165) is 12.8 Å². The summed E-state index contributed by atoms with van der Waals surface area (Å²) < 4.78 is 27.4. The van der Waals surface area contributed by atoms with Crippen LogP contribution in [0.4, 0.5) is 0 Å². The molecule has 0 unspecified atom stereocenters. The van der Waals surface area contributed by atoms with E-state index < -0.39 is 10.0 Å². The van der Waals surface area contributed by atoms with Crippen molar-refractivity contribution in [3.63, 3.8) is 0 Å². The van der Waals surface area contributed by atoms with Gasteiger partial charge in [-0.05, 0) is 36.5 Å². The maximum atomic E-state index is 12.9. The molecule has 0 aromatic heterocycles. The molecule has 1 aromatic rings. The Morgan fingerprint density at radius 1 is 1.29 bits per heavy atom. The summed E-state index contributed by atoms with van der Waals surface area (Å²) >= 11 is 12.1. The Morgan fingerprint density at radius 3 is 2.38 bits per heavy atom. The molecule has 0 amide bonds. The molecule has 1 aliphatic rings. The molecule has 0 saturated heterocycles. The van der Waals surface area contributed by atoms with Crippen molar-refractivity contribution in [2.75, 3.05) is 6.54 Å². The molecule has 0 spiro atoms. The van der Waals surface area contributed by atoms with Crippen LogP contribution in [-0.2, 0) is 16.6 Å². The van der Waals surface area contributed by atoms with Crippen molar-refractivity contribution in [3.05, 3.63) is 27.7 Å². The van der Waals surface area contributed by atoms with Crippen molar-refractivity contribution in [3.8, 4) is 0 Å². The van der Waals surface area contributed by atoms with E-state index in [9.17, 15) is 8.42 Å². The molecule has 1 saturated carbocycles. The molecule has 0 radical (unpaired) electrons. The van der Waals surface area contributed by atoms with Gasteiger partial charge in [0.25, 0.3) is 0 Å². The summed E-state index contributed by atoms with van der Waals surface area (Å²) in [6.45, 7) is 4.66. The van der Waals surface area contributed by atoms with Gasteiger partial charge < -0.3 is 5.73 Å². The van der Waals surface area contributed by atoms with Gasteiger partial charge in [-0.3, -0.25) is 0 Å². The highest BCUT2D eigenvalue weighted by Crippen LogP contribution is 2.36. The first-order valence-corrected chi connectivity index (χ1v) is 9.16. The van der Waals surface area contributed by atoms with Gasteiger partial charge in [0.05, 0.1) is 5.02 Å². The second-order valence-corrected chi connectivity index (χ2v) is 8.45. The maximum Gasteiger partial charge on any atom is 0.244 e. The van der Waals surface area contributed by atoms with E-state index in [4.69, 9.17) is 28.9 Å². The van der Waals surface area contributed by atoms with E-state index in [1.807, 2.05) is 13.8 Å². The summed E-state index contributed by atoms with van der Waals surface area (Å²) in [5.41, 5.74) is 6.19. The SMILES string of the molecule is CC(C)CN(C1CC1)S(=O)(=O)c1cc(CN)c(Cl)cc1Cl. The molecule has 7 heteroatoms. The second-order valence-electron chi connectivity index (χ2n) is 5.78. The minimum Gasteiger partial charge on any atom is -0.326 e. The molecular weight excluding hydrogens is 331 g/mol. The number of hydrogen-bond donors (Lipinski definition) is 1. The fourth-order valence-electron chi connectivity index (χ4n) is 2.22. The summed E-state index contributed by atoms with van der Waals surface area (Å²) in [7, 11) is -3.63. The predicted molar refractivity (Wildman–Crippen MR) is 86.1 cm³/mol. The Bertz CT molecular complexity index is 628. The van der Waals surface area contributed by atoms with Crippen molar-refractivity contribution < 1.29 is 8.42 Å². The van der Waals surface area contributed by atoms with E-state index in [2.05, 4.69) is 0 Å². The zero-order valence-corrected chi connectivity index (χ0v) is 14.5. The molecule has 118 valence electrons. The van der Waals surface area contributed by atoms with Crippen LogP contribution in [0, 0.1) is 5.92 Å². The molecule has 2 N–H and O–H groups in total. The quantitative estimate of drug-likeness (QED) is 0.856. The van der Waals surface area contributed by atoms with Crippen LogP contribution in [0.5, 0.6) is 0 Å². The van der Waals surface area contributed by atoms with Crippen LogP contribution in [-0.4, -0.2) is 25.3 Å². The number of benzene rings is 1. The number of hydrogen-bond acceptors (Lipinski definition) is 3. The lowest BCUT2D eigenvalue weighted by Crippen LogP contribution is -2.36. The van der Waals surface area contributed by atoms with E-state index in [1.54, 1.807) is 4.31 Å². The molecule has 2 rings (SSSR count). The van der Waals surface area contributed by atoms with Crippen molar-refractivity contribution in [1.82, 2.24) is 4.31 Å². The highest BCUT2D eigenvalue weighted by molar-refractivity contribution is 7.89. The summed E-state index contributed by atoms with van der Waals surface area (Å²) in [6.07, 6.45) is 1.81. The van der Waals surface area contributed by atoms with Gasteiger partial charge in [0.15, 0.2) is 0 Å². The monoisotopic (exact) mass is 350 g/mol. The van der Waals surface area contributed by atoms with Gasteiger partial charge in [-0.2, -0.15) is 4.31 Å². The van der Waals surface area contributed by atoms with E-state index in [-0.39, 0.29) is 28.4 Å². The van der Waals surface area contributed by atoms with Crippen LogP contribution < -0.4 is 5.73 Å². The number of halogens is 2. The van der Waals surface area contributed by atoms with Crippen LogP contribution >= 0.6 is 23.2 Å². The fraction of sp³-hybridized carbons (Fsp3) is 0.571. The topological polar surface area (TPSA) is 63.4 Å². The third-order valence-corrected chi connectivity index (χ3v) is 6.14. The van der Waals surface area contributed by atoms with Gasteiger partial charge in [-0.25, -0.2) is 8.42 Å². The number of nitrogens with zero attached hydrogens (tertiary/aromatic N) is 1. The molecule has 1 fully saturated rings. The van der Waals surface area contributed by atoms with Crippen molar-refractivity contribution >= 4 is 33.2 Å². The van der Waals surface area contributed by atoms with Gasteiger partial charge in [0.2, 0.25) is 10.0 Å². The first-order chi connectivity index (χ1) is 9.77. The fourth-order valence-corrected chi connectivity index (χ4v) is 4.92. The van der Waals surface area contributed by atoms with Crippen LogP contribution in [0.2, 0.25) is 10.0 Å². The normalized spacial score (nSPS) is 16.0.